The van der Waals surface area contributed by atoms with Crippen LogP contribution in [0.1, 0.15) is 10.4 Å². The lowest BCUT2D eigenvalue weighted by molar-refractivity contribution is -0.120. The van der Waals surface area contributed by atoms with E-state index >= 15 is 0 Å². The van der Waals surface area contributed by atoms with E-state index in [9.17, 15) is 9.59 Å². The number of rotatable bonds is 5. The Hall–Kier alpha value is -2.70. The fourth-order valence-electron chi connectivity index (χ4n) is 3.30. The number of benzene rings is 2. The maximum Gasteiger partial charge on any atom is 0.282 e. The third-order valence-corrected chi connectivity index (χ3v) is 5.92. The van der Waals surface area contributed by atoms with Crippen LogP contribution in [0.15, 0.2) is 82.3 Å². The van der Waals surface area contributed by atoms with Crippen molar-refractivity contribution in [3.05, 3.63) is 92.7 Å². The molecule has 28 heavy (non-hydrogen) atoms. The highest BCUT2D eigenvalue weighted by Gasteiger charge is 2.42. The second-order valence-electron chi connectivity index (χ2n) is 6.47. The van der Waals surface area contributed by atoms with Gasteiger partial charge in [-0.2, -0.15) is 0 Å². The average Bonchev–Trinajstić information content (AvgIpc) is 3.28. The zero-order valence-corrected chi connectivity index (χ0v) is 17.5. The van der Waals surface area contributed by atoms with Crippen LogP contribution < -0.4 is 4.90 Å². The molecule has 140 valence electrons. The number of carbonyl (C=O) groups is 2. The summed E-state index contributed by atoms with van der Waals surface area (Å²) in [6.45, 7) is 0.538. The topological polar surface area (TPSA) is 40.6 Å². The van der Waals surface area contributed by atoms with Gasteiger partial charge in [-0.25, -0.2) is 4.90 Å². The molecule has 0 fully saturated rings. The Morgan fingerprint density at radius 2 is 1.75 bits per heavy atom. The molecule has 0 atom stereocenters. The van der Waals surface area contributed by atoms with Crippen molar-refractivity contribution in [3.63, 3.8) is 0 Å². The predicted molar refractivity (Wildman–Crippen MR) is 116 cm³/mol. The number of amides is 2. The minimum Gasteiger partial charge on any atom is -0.365 e. The summed E-state index contributed by atoms with van der Waals surface area (Å²) in [6, 6.07) is 20.9. The Morgan fingerprint density at radius 3 is 2.43 bits per heavy atom. The predicted octanol–water partition coefficient (Wildman–Crippen LogP) is 4.93. The molecule has 0 bridgehead atoms. The number of hydrogen-bond acceptors (Lipinski definition) is 4. The van der Waals surface area contributed by atoms with Crippen molar-refractivity contribution >= 4 is 50.3 Å². The van der Waals surface area contributed by atoms with Crippen LogP contribution in [-0.2, 0) is 16.1 Å². The molecule has 0 radical (unpaired) electrons. The first-order valence-electron chi connectivity index (χ1n) is 8.74. The molecule has 0 unspecified atom stereocenters. The van der Waals surface area contributed by atoms with Gasteiger partial charge in [-0.3, -0.25) is 9.59 Å². The molecule has 0 saturated heterocycles. The van der Waals surface area contributed by atoms with Gasteiger partial charge in [0.2, 0.25) is 0 Å². The van der Waals surface area contributed by atoms with Gasteiger partial charge in [0.25, 0.3) is 11.8 Å². The minimum atomic E-state index is -0.301. The lowest BCUT2D eigenvalue weighted by Crippen LogP contribution is -2.34. The minimum absolute atomic E-state index is 0.291. The van der Waals surface area contributed by atoms with Crippen LogP contribution in [0, 0.1) is 0 Å². The van der Waals surface area contributed by atoms with Gasteiger partial charge >= 0.3 is 0 Å². The number of carbonyl (C=O) groups excluding carboxylic acids is 2. The summed E-state index contributed by atoms with van der Waals surface area (Å²) in [7, 11) is 1.85. The van der Waals surface area contributed by atoms with E-state index in [1.807, 2.05) is 71.9 Å². The van der Waals surface area contributed by atoms with Gasteiger partial charge in [-0.05, 0) is 35.2 Å². The van der Waals surface area contributed by atoms with Crippen LogP contribution in [0.5, 0.6) is 0 Å². The first-order valence-corrected chi connectivity index (χ1v) is 10.4. The molecular formula is C22H17BrN2O2S. The smallest absolute Gasteiger partial charge is 0.282 e. The van der Waals surface area contributed by atoms with Crippen molar-refractivity contribution in [2.45, 2.75) is 6.54 Å². The number of hydrogen-bond donors (Lipinski definition) is 0. The molecule has 6 heteroatoms. The Balaban J connectivity index is 1.77. The van der Waals surface area contributed by atoms with Crippen molar-refractivity contribution < 1.29 is 9.59 Å². The molecule has 4 rings (SSSR count). The van der Waals surface area contributed by atoms with Gasteiger partial charge in [0.05, 0.1) is 11.3 Å². The SMILES string of the molecule is CN(Cc1ccccc1)C1=C(c2cccs2)C(=O)N(c2cccc(Br)c2)C1=O. The fraction of sp³-hybridized carbons (Fsp3) is 0.0909. The first-order chi connectivity index (χ1) is 13.6. The zero-order valence-electron chi connectivity index (χ0n) is 15.1. The highest BCUT2D eigenvalue weighted by molar-refractivity contribution is 9.10. The maximum atomic E-state index is 13.4. The number of thiophene rings is 1. The van der Waals surface area contributed by atoms with Gasteiger partial charge in [0.1, 0.15) is 5.70 Å². The molecule has 2 heterocycles. The Labute approximate surface area is 175 Å². The normalized spacial score (nSPS) is 14.1. The van der Waals surface area contributed by atoms with E-state index in [-0.39, 0.29) is 11.8 Å². The summed E-state index contributed by atoms with van der Waals surface area (Å²) in [5.74, 6) is -0.592. The van der Waals surface area contributed by atoms with Gasteiger partial charge in [-0.1, -0.05) is 58.4 Å². The Kier molecular flexibility index (Phi) is 5.15. The average molecular weight is 453 g/mol. The van der Waals surface area contributed by atoms with Gasteiger partial charge in [0.15, 0.2) is 0 Å². The van der Waals surface area contributed by atoms with Gasteiger partial charge in [-0.15, -0.1) is 11.3 Å². The lowest BCUT2D eigenvalue weighted by atomic mass is 10.1. The maximum absolute atomic E-state index is 13.4. The quantitative estimate of drug-likeness (QED) is 0.515. The van der Waals surface area contributed by atoms with Crippen LogP contribution in [0.4, 0.5) is 5.69 Å². The van der Waals surface area contributed by atoms with E-state index < -0.39 is 0 Å². The summed E-state index contributed by atoms with van der Waals surface area (Å²) in [5.41, 5.74) is 2.51. The van der Waals surface area contributed by atoms with E-state index in [0.717, 1.165) is 14.9 Å². The number of imide groups is 1. The van der Waals surface area contributed by atoms with E-state index in [1.54, 1.807) is 12.1 Å². The zero-order chi connectivity index (χ0) is 19.7. The fourth-order valence-corrected chi connectivity index (χ4v) is 4.45. The van der Waals surface area contributed by atoms with E-state index in [1.165, 1.54) is 16.2 Å². The highest BCUT2D eigenvalue weighted by Crippen LogP contribution is 2.37. The number of anilines is 1. The van der Waals surface area contributed by atoms with Crippen LogP contribution >= 0.6 is 27.3 Å². The molecule has 3 aromatic rings. The molecule has 0 aliphatic carbocycles. The summed E-state index contributed by atoms with van der Waals surface area (Å²) in [4.78, 5) is 30.6. The number of halogens is 1. The molecule has 0 saturated carbocycles. The highest BCUT2D eigenvalue weighted by atomic mass is 79.9. The second kappa shape index (κ2) is 7.73. The second-order valence-corrected chi connectivity index (χ2v) is 8.33. The van der Waals surface area contributed by atoms with Gasteiger partial charge < -0.3 is 4.90 Å². The summed E-state index contributed by atoms with van der Waals surface area (Å²) < 4.78 is 0.814. The van der Waals surface area contributed by atoms with Crippen LogP contribution in [0.2, 0.25) is 0 Å². The molecule has 0 spiro atoms. The summed E-state index contributed by atoms with van der Waals surface area (Å²) >= 11 is 4.88. The van der Waals surface area contributed by atoms with Crippen molar-refractivity contribution in [2.24, 2.45) is 0 Å². The van der Waals surface area contributed by atoms with Crippen LogP contribution in [-0.4, -0.2) is 23.8 Å². The van der Waals surface area contributed by atoms with E-state index in [2.05, 4.69) is 15.9 Å². The molecule has 1 aliphatic rings. The van der Waals surface area contributed by atoms with E-state index in [0.29, 0.717) is 23.5 Å². The van der Waals surface area contributed by atoms with E-state index in [4.69, 9.17) is 0 Å². The molecule has 2 aromatic carbocycles. The van der Waals surface area contributed by atoms with Crippen LogP contribution in [0.3, 0.4) is 0 Å². The molecule has 1 aromatic heterocycles. The lowest BCUT2D eigenvalue weighted by Gasteiger charge is -2.21. The van der Waals surface area contributed by atoms with Gasteiger partial charge in [0, 0.05) is 22.9 Å². The van der Waals surface area contributed by atoms with Crippen LogP contribution in [0.25, 0.3) is 5.57 Å². The Morgan fingerprint density at radius 1 is 0.964 bits per heavy atom. The largest absolute Gasteiger partial charge is 0.365 e. The molecule has 0 N–H and O–H groups in total. The number of likely N-dealkylation sites (N-methyl/N-ethyl adjacent to an activating group) is 1. The molecule has 2 amide bonds. The monoisotopic (exact) mass is 452 g/mol. The molecule has 4 nitrogen and oxygen atoms in total. The molecule has 1 aliphatic heterocycles. The Bertz CT molecular complexity index is 1060. The van der Waals surface area contributed by atoms with Crippen molar-refractivity contribution in [1.82, 2.24) is 4.90 Å². The first kappa shape index (κ1) is 18.7. The van der Waals surface area contributed by atoms with Crippen molar-refractivity contribution in [2.75, 3.05) is 11.9 Å². The standard InChI is InChI=1S/C22H17BrN2O2S/c1-24(14-15-7-3-2-4-8-15)20-19(18-11-6-12-28-18)21(26)25(22(20)27)17-10-5-9-16(23)13-17/h2-13H,14H2,1H3. The molecular weight excluding hydrogens is 436 g/mol. The summed E-state index contributed by atoms with van der Waals surface area (Å²) in [5, 5.41) is 1.91. The van der Waals surface area contributed by atoms with Crippen molar-refractivity contribution in [3.8, 4) is 0 Å². The third kappa shape index (κ3) is 3.41. The third-order valence-electron chi connectivity index (χ3n) is 4.54. The number of nitrogens with zero attached hydrogens (tertiary/aromatic N) is 2. The summed E-state index contributed by atoms with van der Waals surface area (Å²) in [6.07, 6.45) is 0. The van der Waals surface area contributed by atoms with Crippen molar-refractivity contribution in [1.29, 1.82) is 0 Å².